The molecule has 0 unspecified atom stereocenters. The zero-order valence-electron chi connectivity index (χ0n) is 6.18. The number of nitrogens with zero attached hydrogens (tertiary/aromatic N) is 3. The Labute approximate surface area is 61.8 Å². The Bertz CT molecular complexity index is 178. The molecule has 0 aromatic rings. The second-order valence-electron chi connectivity index (χ2n) is 2.79. The molecule has 0 saturated heterocycles. The summed E-state index contributed by atoms with van der Waals surface area (Å²) in [6, 6.07) is 0. The van der Waals surface area contributed by atoms with Gasteiger partial charge in [-0.05, 0) is 5.53 Å². The highest BCUT2D eigenvalue weighted by Crippen LogP contribution is 2.29. The van der Waals surface area contributed by atoms with Crippen molar-refractivity contribution in [2.75, 3.05) is 0 Å². The van der Waals surface area contributed by atoms with E-state index in [0.717, 1.165) is 0 Å². The lowest BCUT2D eigenvalue weighted by Crippen LogP contribution is -2.25. The van der Waals surface area contributed by atoms with Crippen molar-refractivity contribution < 1.29 is 13.2 Å². The number of azide groups is 1. The zero-order valence-corrected chi connectivity index (χ0v) is 6.18. The van der Waals surface area contributed by atoms with Crippen molar-refractivity contribution in [2.24, 2.45) is 5.11 Å². The van der Waals surface area contributed by atoms with Gasteiger partial charge in [0.1, 0.15) is 0 Å². The van der Waals surface area contributed by atoms with Gasteiger partial charge in [0.25, 0.3) is 0 Å². The highest BCUT2D eigenvalue weighted by Gasteiger charge is 2.35. The first kappa shape index (κ1) is 10.1. The Kier molecular flexibility index (Phi) is 2.76. The smallest absolute Gasteiger partial charge is 0.171 e. The van der Waals surface area contributed by atoms with Gasteiger partial charge in [0.2, 0.25) is 0 Å². The van der Waals surface area contributed by atoms with Crippen molar-refractivity contribution in [1.82, 2.24) is 0 Å². The minimum atomic E-state index is -4.28. The lowest BCUT2D eigenvalue weighted by molar-refractivity contribution is -0.144. The second-order valence-corrected chi connectivity index (χ2v) is 2.79. The molecule has 0 aliphatic heterocycles. The molecule has 0 aromatic carbocycles. The molecule has 0 spiro atoms. The van der Waals surface area contributed by atoms with E-state index in [1.54, 1.807) is 0 Å². The molecule has 0 aliphatic rings. The molecule has 64 valence electrons. The molecule has 0 amide bonds. The van der Waals surface area contributed by atoms with Gasteiger partial charge in [-0.3, -0.25) is 0 Å². The quantitative estimate of drug-likeness (QED) is 0.345. The van der Waals surface area contributed by atoms with Gasteiger partial charge in [-0.2, -0.15) is 13.2 Å². The van der Waals surface area contributed by atoms with E-state index in [0.29, 0.717) is 0 Å². The van der Waals surface area contributed by atoms with Gasteiger partial charge in [-0.15, -0.1) is 0 Å². The van der Waals surface area contributed by atoms with Crippen molar-refractivity contribution in [3.8, 4) is 0 Å². The highest BCUT2D eigenvalue weighted by molar-refractivity contribution is 4.80. The molecule has 0 bridgehead atoms. The van der Waals surface area contributed by atoms with Gasteiger partial charge in [-0.1, -0.05) is 19.0 Å². The van der Waals surface area contributed by atoms with Gasteiger partial charge in [0.05, 0.1) is 12.0 Å². The summed E-state index contributed by atoms with van der Waals surface area (Å²) in [6.45, 7) is 2.47. The average Bonchev–Trinajstić information content (AvgIpc) is 1.55. The lowest BCUT2D eigenvalue weighted by Gasteiger charge is -2.18. The van der Waals surface area contributed by atoms with Crippen LogP contribution in [0.2, 0.25) is 0 Å². The first-order chi connectivity index (χ1) is 4.77. The maximum absolute atomic E-state index is 11.7. The molecular weight excluding hydrogens is 159 g/mol. The summed E-state index contributed by atoms with van der Waals surface area (Å²) in [5, 5.41) is 3.00. The summed E-state index contributed by atoms with van der Waals surface area (Å²) in [4.78, 5) is 2.32. The Morgan fingerprint density at radius 1 is 1.36 bits per heavy atom. The van der Waals surface area contributed by atoms with Crippen molar-refractivity contribution in [2.45, 2.75) is 32.0 Å². The van der Waals surface area contributed by atoms with Crippen LogP contribution in [0.4, 0.5) is 13.2 Å². The summed E-state index contributed by atoms with van der Waals surface area (Å²) in [6.07, 6.45) is -5.37. The van der Waals surface area contributed by atoms with Crippen LogP contribution in [0.1, 0.15) is 20.3 Å². The minimum Gasteiger partial charge on any atom is -0.171 e. The molecule has 0 aromatic heterocycles. The standard InChI is InChI=1S/C5H8F3N3/c1-4(2,10-11-9)3-5(6,7)8/h3H2,1-2H3. The fourth-order valence-corrected chi connectivity index (χ4v) is 0.647. The third kappa shape index (κ3) is 5.54. The molecule has 0 saturated carbocycles. The van der Waals surface area contributed by atoms with Crippen LogP contribution in [0.15, 0.2) is 5.11 Å². The maximum Gasteiger partial charge on any atom is 0.389 e. The van der Waals surface area contributed by atoms with Crippen molar-refractivity contribution in [1.29, 1.82) is 0 Å². The molecular formula is C5H8F3N3. The van der Waals surface area contributed by atoms with Crippen molar-refractivity contribution in [3.05, 3.63) is 10.4 Å². The number of halogens is 3. The summed E-state index contributed by atoms with van der Waals surface area (Å²) in [7, 11) is 0. The monoisotopic (exact) mass is 167 g/mol. The van der Waals surface area contributed by atoms with Crippen LogP contribution >= 0.6 is 0 Å². The normalized spacial score (nSPS) is 12.5. The molecule has 0 radical (unpaired) electrons. The molecule has 0 N–H and O–H groups in total. The lowest BCUT2D eigenvalue weighted by atomic mass is 10.0. The van der Waals surface area contributed by atoms with Gasteiger partial charge in [0, 0.05) is 4.91 Å². The molecule has 0 heterocycles. The van der Waals surface area contributed by atoms with Gasteiger partial charge in [-0.25, -0.2) is 0 Å². The van der Waals surface area contributed by atoms with E-state index in [1.165, 1.54) is 13.8 Å². The number of hydrogen-bond acceptors (Lipinski definition) is 1. The summed E-state index contributed by atoms with van der Waals surface area (Å²) in [5.41, 5.74) is 6.51. The van der Waals surface area contributed by atoms with Crippen LogP contribution < -0.4 is 0 Å². The third-order valence-corrected chi connectivity index (χ3v) is 0.948. The maximum atomic E-state index is 11.7. The molecule has 0 fully saturated rings. The van der Waals surface area contributed by atoms with E-state index < -0.39 is 18.1 Å². The van der Waals surface area contributed by atoms with E-state index >= 15 is 0 Å². The summed E-state index contributed by atoms with van der Waals surface area (Å²) >= 11 is 0. The van der Waals surface area contributed by atoms with Crippen LogP contribution in [-0.4, -0.2) is 11.7 Å². The van der Waals surface area contributed by atoms with E-state index in [9.17, 15) is 13.2 Å². The van der Waals surface area contributed by atoms with E-state index in [1.807, 2.05) is 0 Å². The first-order valence-corrected chi connectivity index (χ1v) is 2.90. The van der Waals surface area contributed by atoms with Crippen LogP contribution in [-0.2, 0) is 0 Å². The van der Waals surface area contributed by atoms with Crippen LogP contribution in [0, 0.1) is 0 Å². The van der Waals surface area contributed by atoms with E-state index in [4.69, 9.17) is 5.53 Å². The third-order valence-electron chi connectivity index (χ3n) is 0.948. The van der Waals surface area contributed by atoms with E-state index in [-0.39, 0.29) is 0 Å². The molecule has 0 rings (SSSR count). The zero-order chi connectivity index (χ0) is 9.12. The van der Waals surface area contributed by atoms with Gasteiger partial charge < -0.3 is 0 Å². The minimum absolute atomic E-state index is 1.09. The number of rotatable bonds is 2. The molecule has 3 nitrogen and oxygen atoms in total. The number of hydrogen-bond donors (Lipinski definition) is 0. The topological polar surface area (TPSA) is 48.8 Å². The SMILES string of the molecule is CC(C)(CC(F)(F)F)N=[N+]=[N-]. The van der Waals surface area contributed by atoms with Gasteiger partial charge in [0.15, 0.2) is 0 Å². The second kappa shape index (κ2) is 3.00. The fourth-order valence-electron chi connectivity index (χ4n) is 0.647. The largest absolute Gasteiger partial charge is 0.389 e. The van der Waals surface area contributed by atoms with Crippen LogP contribution in [0.25, 0.3) is 10.4 Å². The van der Waals surface area contributed by atoms with Gasteiger partial charge >= 0.3 is 6.18 Å². The Hall–Kier alpha value is -0.900. The predicted molar refractivity (Wildman–Crippen MR) is 33.9 cm³/mol. The van der Waals surface area contributed by atoms with Crippen molar-refractivity contribution in [3.63, 3.8) is 0 Å². The summed E-state index contributed by atoms with van der Waals surface area (Å²) < 4.78 is 35.1. The summed E-state index contributed by atoms with van der Waals surface area (Å²) in [5.74, 6) is 0. The molecule has 11 heavy (non-hydrogen) atoms. The molecule has 0 aliphatic carbocycles. The van der Waals surface area contributed by atoms with E-state index in [2.05, 4.69) is 10.0 Å². The number of alkyl halides is 3. The first-order valence-electron chi connectivity index (χ1n) is 2.90. The van der Waals surface area contributed by atoms with Crippen LogP contribution in [0.3, 0.4) is 0 Å². The molecule has 6 heteroatoms. The Balaban J connectivity index is 4.24. The average molecular weight is 167 g/mol. The Morgan fingerprint density at radius 2 is 1.82 bits per heavy atom. The highest BCUT2D eigenvalue weighted by atomic mass is 19.4. The predicted octanol–water partition coefficient (Wildman–Crippen LogP) is 3.03. The Morgan fingerprint density at radius 3 is 2.09 bits per heavy atom. The fraction of sp³-hybridized carbons (Fsp3) is 1.00. The van der Waals surface area contributed by atoms with Crippen molar-refractivity contribution >= 4 is 0 Å². The van der Waals surface area contributed by atoms with Crippen LogP contribution in [0.5, 0.6) is 0 Å². The molecule has 0 atom stereocenters.